The minimum absolute atomic E-state index is 0.149. The first-order valence-electron chi connectivity index (χ1n) is 6.57. The van der Waals surface area contributed by atoms with Crippen LogP contribution in [0.3, 0.4) is 0 Å². The van der Waals surface area contributed by atoms with Gasteiger partial charge in [-0.15, -0.1) is 11.8 Å². The Morgan fingerprint density at radius 1 is 1.43 bits per heavy atom. The van der Waals surface area contributed by atoms with E-state index in [-0.39, 0.29) is 11.3 Å². The molecular weight excluding hydrogens is 292 g/mol. The van der Waals surface area contributed by atoms with E-state index in [9.17, 15) is 14.4 Å². The van der Waals surface area contributed by atoms with Gasteiger partial charge in [0.25, 0.3) is 5.91 Å². The number of thioether (sulfide) groups is 1. The topological polar surface area (TPSA) is 86.7 Å². The second kappa shape index (κ2) is 5.07. The number of carbonyl (C=O) groups is 3. The average Bonchev–Trinajstić information content (AvgIpc) is 3.00. The first-order chi connectivity index (χ1) is 10.0. The highest BCUT2D eigenvalue weighted by Gasteiger charge is 2.48. The minimum atomic E-state index is -1.10. The van der Waals surface area contributed by atoms with Gasteiger partial charge in [-0.3, -0.25) is 14.4 Å². The molecule has 2 aliphatic rings. The van der Waals surface area contributed by atoms with Gasteiger partial charge in [-0.05, 0) is 18.6 Å². The van der Waals surface area contributed by atoms with Crippen molar-refractivity contribution in [2.45, 2.75) is 24.4 Å². The molecule has 7 heteroatoms. The van der Waals surface area contributed by atoms with E-state index in [0.29, 0.717) is 11.3 Å². The number of nitrogens with zero attached hydrogens (tertiary/aromatic N) is 1. The van der Waals surface area contributed by atoms with E-state index in [2.05, 4.69) is 5.32 Å². The second-order valence-electron chi connectivity index (χ2n) is 5.07. The number of amides is 2. The zero-order chi connectivity index (χ0) is 15.1. The molecule has 0 aliphatic carbocycles. The first-order valence-corrected chi connectivity index (χ1v) is 7.62. The summed E-state index contributed by atoms with van der Waals surface area (Å²) in [6.45, 7) is 1.40. The summed E-state index contributed by atoms with van der Waals surface area (Å²) in [6.07, 6.45) is 0. The third-order valence-electron chi connectivity index (χ3n) is 3.72. The molecule has 0 saturated carbocycles. The summed E-state index contributed by atoms with van der Waals surface area (Å²) in [5, 5.41) is 11.1. The van der Waals surface area contributed by atoms with Crippen LogP contribution in [0.15, 0.2) is 24.3 Å². The number of carbonyl (C=O) groups excluding carboxylic acids is 2. The number of benzene rings is 1. The molecule has 1 aromatic carbocycles. The van der Waals surface area contributed by atoms with Gasteiger partial charge in [0.2, 0.25) is 5.91 Å². The number of nitrogens with one attached hydrogen (secondary N) is 1. The van der Waals surface area contributed by atoms with Gasteiger partial charge in [0, 0.05) is 11.3 Å². The number of carboxylic acid groups (broad SMARTS) is 1. The lowest BCUT2D eigenvalue weighted by Gasteiger charge is -2.23. The Hall–Kier alpha value is -2.02. The van der Waals surface area contributed by atoms with Crippen molar-refractivity contribution in [3.05, 3.63) is 35.4 Å². The fourth-order valence-electron chi connectivity index (χ4n) is 2.61. The average molecular weight is 306 g/mol. The molecule has 2 aliphatic heterocycles. The van der Waals surface area contributed by atoms with E-state index in [1.807, 2.05) is 12.1 Å². The van der Waals surface area contributed by atoms with Crippen molar-refractivity contribution in [1.29, 1.82) is 0 Å². The molecule has 3 atom stereocenters. The summed E-state index contributed by atoms with van der Waals surface area (Å²) in [5.74, 6) is -1.20. The van der Waals surface area contributed by atoms with Gasteiger partial charge >= 0.3 is 5.97 Å². The van der Waals surface area contributed by atoms with Crippen LogP contribution in [0, 0.1) is 0 Å². The van der Waals surface area contributed by atoms with Crippen LogP contribution < -0.4 is 5.32 Å². The van der Waals surface area contributed by atoms with Crippen molar-refractivity contribution >= 4 is 29.5 Å². The van der Waals surface area contributed by atoms with Crippen LogP contribution in [0.4, 0.5) is 0 Å². The van der Waals surface area contributed by atoms with Gasteiger partial charge in [0.15, 0.2) is 0 Å². The minimum Gasteiger partial charge on any atom is -0.480 e. The fourth-order valence-corrected chi connectivity index (χ4v) is 4.08. The molecular formula is C14H14N2O4S. The van der Waals surface area contributed by atoms with Gasteiger partial charge in [-0.1, -0.05) is 18.2 Å². The molecule has 0 radical (unpaired) electrons. The Bertz CT molecular complexity index is 633. The van der Waals surface area contributed by atoms with Crippen LogP contribution in [-0.2, 0) is 9.59 Å². The van der Waals surface area contributed by atoms with E-state index in [4.69, 9.17) is 5.11 Å². The van der Waals surface area contributed by atoms with Gasteiger partial charge in [0.1, 0.15) is 17.5 Å². The molecule has 2 heterocycles. The van der Waals surface area contributed by atoms with Crippen molar-refractivity contribution < 1.29 is 19.5 Å². The SMILES string of the molecule is C[C@H](NC(=O)[C@H]1CS[C@H]2c3ccccc3C(=O)N12)C(=O)O. The highest BCUT2D eigenvalue weighted by molar-refractivity contribution is 7.99. The maximum absolute atomic E-state index is 12.4. The van der Waals surface area contributed by atoms with E-state index >= 15 is 0 Å². The van der Waals surface area contributed by atoms with E-state index < -0.39 is 24.0 Å². The van der Waals surface area contributed by atoms with E-state index in [0.717, 1.165) is 5.56 Å². The molecule has 6 nitrogen and oxygen atoms in total. The molecule has 110 valence electrons. The van der Waals surface area contributed by atoms with Crippen LogP contribution in [0.25, 0.3) is 0 Å². The van der Waals surface area contributed by atoms with Crippen LogP contribution >= 0.6 is 11.8 Å². The molecule has 1 fully saturated rings. The lowest BCUT2D eigenvalue weighted by atomic mass is 10.1. The van der Waals surface area contributed by atoms with Gasteiger partial charge in [-0.25, -0.2) is 0 Å². The van der Waals surface area contributed by atoms with Crippen molar-refractivity contribution in [3.63, 3.8) is 0 Å². The number of aliphatic carboxylic acids is 1. The summed E-state index contributed by atoms with van der Waals surface area (Å²) < 4.78 is 0. The Kier molecular flexibility index (Phi) is 3.36. The monoisotopic (exact) mass is 306 g/mol. The van der Waals surface area contributed by atoms with Crippen LogP contribution in [-0.4, -0.2) is 45.6 Å². The van der Waals surface area contributed by atoms with Crippen LogP contribution in [0.5, 0.6) is 0 Å². The quantitative estimate of drug-likeness (QED) is 0.864. The number of carboxylic acids is 1. The van der Waals surface area contributed by atoms with Crippen molar-refractivity contribution in [2.75, 3.05) is 5.75 Å². The molecule has 0 bridgehead atoms. The second-order valence-corrected chi connectivity index (χ2v) is 6.18. The number of hydrogen-bond donors (Lipinski definition) is 2. The Morgan fingerprint density at radius 2 is 2.14 bits per heavy atom. The molecule has 0 unspecified atom stereocenters. The van der Waals surface area contributed by atoms with Gasteiger partial charge in [0.05, 0.1) is 0 Å². The Labute approximate surface area is 125 Å². The van der Waals surface area contributed by atoms with Crippen LogP contribution in [0.2, 0.25) is 0 Å². The number of fused-ring (bicyclic) bond motifs is 3. The molecule has 0 spiro atoms. The lowest BCUT2D eigenvalue weighted by molar-refractivity contribution is -0.141. The van der Waals surface area contributed by atoms with Crippen molar-refractivity contribution in [1.82, 2.24) is 10.2 Å². The molecule has 2 amide bonds. The standard InChI is InChI=1S/C14H14N2O4S/c1-7(14(19)20)15-11(17)10-6-21-13-9-5-3-2-4-8(9)12(18)16(10)13/h2-5,7,10,13H,6H2,1H3,(H,15,17)(H,19,20)/t7-,10+,13-/m0/s1. The largest absolute Gasteiger partial charge is 0.480 e. The smallest absolute Gasteiger partial charge is 0.325 e. The Morgan fingerprint density at radius 3 is 2.86 bits per heavy atom. The number of rotatable bonds is 3. The van der Waals surface area contributed by atoms with E-state index in [1.54, 1.807) is 17.0 Å². The fraction of sp³-hybridized carbons (Fsp3) is 0.357. The molecule has 1 aromatic rings. The molecule has 3 rings (SSSR count). The number of hydrogen-bond acceptors (Lipinski definition) is 4. The zero-order valence-corrected chi connectivity index (χ0v) is 12.1. The maximum atomic E-state index is 12.4. The van der Waals surface area contributed by atoms with Crippen LogP contribution in [0.1, 0.15) is 28.2 Å². The third-order valence-corrected chi connectivity index (χ3v) is 5.03. The Balaban J connectivity index is 1.82. The normalized spacial score (nSPS) is 24.4. The molecule has 1 saturated heterocycles. The molecule has 2 N–H and O–H groups in total. The van der Waals surface area contributed by atoms with Gasteiger partial charge < -0.3 is 15.3 Å². The zero-order valence-electron chi connectivity index (χ0n) is 11.3. The van der Waals surface area contributed by atoms with Crippen molar-refractivity contribution in [3.8, 4) is 0 Å². The lowest BCUT2D eigenvalue weighted by Crippen LogP contribution is -2.50. The molecule has 21 heavy (non-hydrogen) atoms. The summed E-state index contributed by atoms with van der Waals surface area (Å²) in [5.41, 5.74) is 1.55. The summed E-state index contributed by atoms with van der Waals surface area (Å²) >= 11 is 1.53. The molecule has 0 aromatic heterocycles. The summed E-state index contributed by atoms with van der Waals surface area (Å²) in [6, 6.07) is 5.72. The van der Waals surface area contributed by atoms with Gasteiger partial charge in [-0.2, -0.15) is 0 Å². The summed E-state index contributed by atoms with van der Waals surface area (Å²) in [4.78, 5) is 37.0. The highest BCUT2D eigenvalue weighted by Crippen LogP contribution is 2.47. The predicted octanol–water partition coefficient (Wildman–Crippen LogP) is 0.846. The third kappa shape index (κ3) is 2.17. The maximum Gasteiger partial charge on any atom is 0.325 e. The summed E-state index contributed by atoms with van der Waals surface area (Å²) in [7, 11) is 0. The van der Waals surface area contributed by atoms with Crippen molar-refractivity contribution in [2.24, 2.45) is 0 Å². The highest BCUT2D eigenvalue weighted by atomic mass is 32.2. The predicted molar refractivity (Wildman–Crippen MR) is 76.8 cm³/mol. The first kappa shape index (κ1) is 13.9. The van der Waals surface area contributed by atoms with E-state index in [1.165, 1.54) is 18.7 Å².